The number of rotatable bonds is 3. The number of allylic oxidation sites excluding steroid dienone is 2. The first kappa shape index (κ1) is 29.0. The van der Waals surface area contributed by atoms with Gasteiger partial charge in [-0.25, -0.2) is 0 Å². The van der Waals surface area contributed by atoms with E-state index < -0.39 is 0 Å². The summed E-state index contributed by atoms with van der Waals surface area (Å²) in [5.74, 6) is -0.207. The van der Waals surface area contributed by atoms with Crippen molar-refractivity contribution in [2.45, 2.75) is 0 Å². The lowest BCUT2D eigenvalue weighted by atomic mass is 9.65. The first-order valence-electron chi connectivity index (χ1n) is 17.5. The first-order chi connectivity index (χ1) is 25.6. The van der Waals surface area contributed by atoms with Gasteiger partial charge < -0.3 is 25.7 Å². The van der Waals surface area contributed by atoms with Crippen molar-refractivity contribution in [2.75, 3.05) is 15.7 Å². The molecule has 8 heteroatoms. The zero-order valence-electron chi connectivity index (χ0n) is 27.8. The Hall–Kier alpha value is -6.79. The molecule has 0 fully saturated rings. The minimum Gasteiger partial charge on any atom is -0.506 e. The van der Waals surface area contributed by atoms with Gasteiger partial charge in [0.15, 0.2) is 0 Å². The van der Waals surface area contributed by atoms with Crippen LogP contribution < -0.4 is 37.2 Å². The summed E-state index contributed by atoms with van der Waals surface area (Å²) in [6.07, 6.45) is 0. The van der Waals surface area contributed by atoms with Gasteiger partial charge in [-0.15, -0.1) is 0 Å². The predicted octanol–water partition coefficient (Wildman–Crippen LogP) is 6.68. The molecule has 0 atom stereocenters. The number of aliphatic hydroxyl groups excluding tert-OH is 1. The van der Waals surface area contributed by atoms with Crippen molar-refractivity contribution >= 4 is 102 Å². The molecule has 0 saturated heterocycles. The number of benzene rings is 8. The molecular formula is C44H28B2N4O2. The van der Waals surface area contributed by atoms with Crippen molar-refractivity contribution in [1.82, 2.24) is 0 Å². The lowest BCUT2D eigenvalue weighted by molar-refractivity contribution is -0.109. The monoisotopic (exact) mass is 666 g/mol. The van der Waals surface area contributed by atoms with Crippen LogP contribution in [0.2, 0.25) is 0 Å². The summed E-state index contributed by atoms with van der Waals surface area (Å²) < 4.78 is 0. The van der Waals surface area contributed by atoms with Gasteiger partial charge in [-0.1, -0.05) is 133 Å². The third-order valence-electron chi connectivity index (χ3n) is 10.9. The van der Waals surface area contributed by atoms with Crippen molar-refractivity contribution in [1.29, 1.82) is 0 Å². The van der Waals surface area contributed by atoms with Crippen LogP contribution in [0.25, 0.3) is 54.2 Å². The Morgan fingerprint density at radius 2 is 1.12 bits per heavy atom. The number of anilines is 3. The van der Waals surface area contributed by atoms with Crippen molar-refractivity contribution < 1.29 is 9.90 Å². The predicted molar refractivity (Wildman–Crippen MR) is 216 cm³/mol. The zero-order valence-corrected chi connectivity index (χ0v) is 27.8. The Balaban J connectivity index is 1.08. The van der Waals surface area contributed by atoms with Gasteiger partial charge in [0.2, 0.25) is 5.78 Å². The average molecular weight is 666 g/mol. The number of nitrogens with one attached hydrogen (secondary N) is 3. The normalized spacial score (nSPS) is 15.7. The molecule has 6 nitrogen and oxygen atoms in total. The third-order valence-corrected chi connectivity index (χ3v) is 10.9. The van der Waals surface area contributed by atoms with Gasteiger partial charge in [-0.2, -0.15) is 0 Å². The maximum atomic E-state index is 14.4. The molecular weight excluding hydrogens is 638 g/mol. The largest absolute Gasteiger partial charge is 0.506 e. The van der Waals surface area contributed by atoms with Gasteiger partial charge >= 0.3 is 14.0 Å². The minimum absolute atomic E-state index is 0.00950. The van der Waals surface area contributed by atoms with E-state index in [0.29, 0.717) is 27.3 Å². The first-order valence-corrected chi connectivity index (χ1v) is 17.5. The second-order valence-corrected chi connectivity index (χ2v) is 13.8. The maximum absolute atomic E-state index is 14.4. The highest BCUT2D eigenvalue weighted by Gasteiger charge is 2.39. The fourth-order valence-corrected chi connectivity index (χ4v) is 8.31. The number of ketones is 1. The van der Waals surface area contributed by atoms with E-state index in [1.807, 2.05) is 60.7 Å². The van der Waals surface area contributed by atoms with E-state index in [1.165, 1.54) is 5.39 Å². The molecule has 2 heterocycles. The van der Waals surface area contributed by atoms with E-state index >= 15 is 0 Å². The molecule has 0 radical (unpaired) electrons. The molecule has 52 heavy (non-hydrogen) atoms. The average Bonchev–Trinajstić information content (AvgIpc) is 3.19. The number of hydrogen-bond donors (Lipinski definition) is 4. The molecule has 8 aromatic rings. The lowest BCUT2D eigenvalue weighted by Gasteiger charge is -2.31. The maximum Gasteiger partial charge on any atom is 0.427 e. The van der Waals surface area contributed by atoms with Gasteiger partial charge in [-0.05, 0) is 55.4 Å². The van der Waals surface area contributed by atoms with Crippen LogP contribution in [0.4, 0.5) is 17.1 Å². The molecule has 8 aromatic carbocycles. The second-order valence-electron chi connectivity index (χ2n) is 13.8. The number of Topliss-reactive ketones (excluding diaryl/α,β-unsaturated/α-hetero) is 1. The van der Waals surface area contributed by atoms with Crippen molar-refractivity contribution in [3.8, 4) is 0 Å². The van der Waals surface area contributed by atoms with Crippen LogP contribution in [0.1, 0.15) is 5.56 Å². The number of hydrogen-bond acceptors (Lipinski definition) is 6. The van der Waals surface area contributed by atoms with E-state index in [9.17, 15) is 9.90 Å². The second kappa shape index (κ2) is 10.9. The topological polar surface area (TPSA) is 85.8 Å². The number of carbonyl (C=O) groups is 1. The smallest absolute Gasteiger partial charge is 0.427 e. The van der Waals surface area contributed by atoms with Gasteiger partial charge in [0.1, 0.15) is 5.76 Å². The van der Waals surface area contributed by atoms with Crippen LogP contribution in [0.5, 0.6) is 0 Å². The van der Waals surface area contributed by atoms with E-state index in [-0.39, 0.29) is 25.5 Å². The summed E-state index contributed by atoms with van der Waals surface area (Å²) in [5, 5.41) is 32.9. The molecule has 1 aliphatic carbocycles. The van der Waals surface area contributed by atoms with Crippen LogP contribution in [0, 0.1) is 0 Å². The molecule has 3 aliphatic rings. The van der Waals surface area contributed by atoms with E-state index in [4.69, 9.17) is 4.90 Å². The fourth-order valence-electron chi connectivity index (χ4n) is 8.31. The van der Waals surface area contributed by atoms with Crippen LogP contribution in [-0.4, -0.2) is 24.9 Å². The van der Waals surface area contributed by atoms with Crippen LogP contribution in [-0.2, 0) is 4.79 Å². The number of carbonyl (C=O) groups excluding carboxylic acids is 1. The highest BCUT2D eigenvalue weighted by molar-refractivity contribution is 6.80. The third kappa shape index (κ3) is 4.21. The van der Waals surface area contributed by atoms with Crippen molar-refractivity contribution in [3.05, 3.63) is 167 Å². The Morgan fingerprint density at radius 1 is 0.519 bits per heavy atom. The van der Waals surface area contributed by atoms with Gasteiger partial charge in [0.25, 0.3) is 0 Å². The SMILES string of the molecule is O=C1C(c2ccc3cccc4c3c2NB(c2ccc3ccccc3c2)N4)=C(O)/C1=c1/ccc2cccc3c2c1=NB(c1ccc2ccccc2c1)N3. The summed E-state index contributed by atoms with van der Waals surface area (Å²) >= 11 is 0. The molecule has 242 valence electrons. The Kier molecular flexibility index (Phi) is 6.05. The Morgan fingerprint density at radius 3 is 1.85 bits per heavy atom. The highest BCUT2D eigenvalue weighted by Crippen LogP contribution is 2.45. The molecule has 0 aromatic heterocycles. The van der Waals surface area contributed by atoms with Crippen molar-refractivity contribution in [3.63, 3.8) is 0 Å². The van der Waals surface area contributed by atoms with Crippen molar-refractivity contribution in [2.24, 2.45) is 4.90 Å². The van der Waals surface area contributed by atoms with Gasteiger partial charge in [0, 0.05) is 38.6 Å². The molecule has 11 rings (SSSR count). The van der Waals surface area contributed by atoms with Crippen LogP contribution in [0.3, 0.4) is 0 Å². The summed E-state index contributed by atoms with van der Waals surface area (Å²) in [6, 6.07) is 49.6. The molecule has 0 bridgehead atoms. The van der Waals surface area contributed by atoms with E-state index in [0.717, 1.165) is 65.7 Å². The van der Waals surface area contributed by atoms with Crippen LogP contribution >= 0.6 is 0 Å². The quantitative estimate of drug-likeness (QED) is 0.158. The summed E-state index contributed by atoms with van der Waals surface area (Å²) in [4.78, 5) is 19.7. The fraction of sp³-hybridized carbons (Fsp3) is 0. The molecule has 2 aliphatic heterocycles. The summed E-state index contributed by atoms with van der Waals surface area (Å²) in [5.41, 5.74) is 6.13. The van der Waals surface area contributed by atoms with Crippen LogP contribution in [0.15, 0.2) is 156 Å². The summed E-state index contributed by atoms with van der Waals surface area (Å²) in [7, 11) is 0. The number of fused-ring (bicyclic) bond motifs is 2. The molecule has 0 amide bonds. The van der Waals surface area contributed by atoms with E-state index in [2.05, 4.69) is 101 Å². The van der Waals surface area contributed by atoms with E-state index in [1.54, 1.807) is 0 Å². The summed E-state index contributed by atoms with van der Waals surface area (Å²) in [6.45, 7) is -0.607. The molecule has 0 spiro atoms. The lowest BCUT2D eigenvalue weighted by Crippen LogP contribution is -2.48. The zero-order chi connectivity index (χ0) is 34.5. The Bertz CT molecular complexity index is 3070. The van der Waals surface area contributed by atoms with Gasteiger partial charge in [-0.3, -0.25) is 4.79 Å². The highest BCUT2D eigenvalue weighted by atomic mass is 16.3. The number of nitrogens with zero attached hydrogens (tertiary/aromatic N) is 1. The molecule has 4 N–H and O–H groups in total. The molecule has 0 saturated carbocycles. The number of aliphatic hydroxyl groups is 1. The molecule has 0 unspecified atom stereocenters. The minimum atomic E-state index is -0.364. The standard InChI is InChI=1S/C44H28B2N4O2/c51-43-39(33-21-17-27-11-5-13-35-37(27)41(33)49-45(47-35)31-19-15-25-7-1-3-9-29(25)23-31)44(52)40(43)34-22-18-28-12-6-14-36-38(28)42(34)50-46(48-36)32-20-16-26-8-2-4-10-30(26)24-32/h1-24,47-49,51H/b40-34+. The van der Waals surface area contributed by atoms with Gasteiger partial charge in [0.05, 0.1) is 16.5 Å². The Labute approximate surface area is 299 Å².